The van der Waals surface area contributed by atoms with E-state index in [1.54, 1.807) is 36.4 Å². The highest BCUT2D eigenvalue weighted by molar-refractivity contribution is 7.92. The summed E-state index contributed by atoms with van der Waals surface area (Å²) < 4.78 is 33.1. The zero-order chi connectivity index (χ0) is 21.7. The molecule has 0 aromatic heterocycles. The first kappa shape index (κ1) is 21.6. The average Bonchev–Trinajstić information content (AvgIpc) is 2.70. The van der Waals surface area contributed by atoms with Crippen molar-refractivity contribution in [3.8, 4) is 5.75 Å². The number of aryl methyl sites for hydroxylation is 2. The van der Waals surface area contributed by atoms with Crippen molar-refractivity contribution < 1.29 is 13.2 Å². The van der Waals surface area contributed by atoms with Gasteiger partial charge in [0, 0.05) is 11.4 Å². The molecule has 0 aliphatic heterocycles. The second-order valence-electron chi connectivity index (χ2n) is 6.73. The molecule has 156 valence electrons. The highest BCUT2D eigenvalue weighted by Gasteiger charge is 2.16. The Balaban J connectivity index is 1.68. The van der Waals surface area contributed by atoms with Crippen LogP contribution in [0.15, 0.2) is 71.6 Å². The summed E-state index contributed by atoms with van der Waals surface area (Å²) in [5, 5.41) is 6.64. The van der Waals surface area contributed by atoms with Gasteiger partial charge in [-0.3, -0.25) is 4.72 Å². The van der Waals surface area contributed by atoms with E-state index in [0.29, 0.717) is 22.2 Å². The second kappa shape index (κ2) is 9.15. The molecule has 6 nitrogen and oxygen atoms in total. The minimum atomic E-state index is -3.76. The van der Waals surface area contributed by atoms with Crippen LogP contribution in [0.2, 0.25) is 0 Å². The molecule has 0 spiro atoms. The molecule has 8 heteroatoms. The van der Waals surface area contributed by atoms with E-state index in [0.717, 1.165) is 11.3 Å². The quantitative estimate of drug-likeness (QED) is 0.471. The fourth-order valence-corrected chi connectivity index (χ4v) is 4.19. The van der Waals surface area contributed by atoms with Gasteiger partial charge in [-0.2, -0.15) is 0 Å². The van der Waals surface area contributed by atoms with Crippen molar-refractivity contribution in [2.24, 2.45) is 0 Å². The topological polar surface area (TPSA) is 79.5 Å². The normalized spacial score (nSPS) is 10.9. The van der Waals surface area contributed by atoms with Crippen LogP contribution in [0.25, 0.3) is 0 Å². The Morgan fingerprint density at radius 2 is 1.60 bits per heavy atom. The summed E-state index contributed by atoms with van der Waals surface area (Å²) in [5.41, 5.74) is 4.23. The molecular formula is C22H23N3O3S2. The third kappa shape index (κ3) is 5.28. The fraction of sp³-hybridized carbons (Fsp3) is 0.136. The molecule has 3 N–H and O–H groups in total. The monoisotopic (exact) mass is 441 g/mol. The highest BCUT2D eigenvalue weighted by Crippen LogP contribution is 2.26. The SMILES string of the molecule is COc1ccccc1NS(=O)(=O)c1ccc(NC(=S)Nc2ccc(C)cc2C)cc1. The van der Waals surface area contributed by atoms with Crippen LogP contribution in [0.4, 0.5) is 17.1 Å². The van der Waals surface area contributed by atoms with E-state index in [2.05, 4.69) is 21.4 Å². The predicted molar refractivity (Wildman–Crippen MR) is 126 cm³/mol. The molecule has 0 unspecified atom stereocenters. The Kier molecular flexibility index (Phi) is 6.59. The van der Waals surface area contributed by atoms with Crippen molar-refractivity contribution in [3.63, 3.8) is 0 Å². The zero-order valence-electron chi connectivity index (χ0n) is 16.9. The third-order valence-corrected chi connectivity index (χ3v) is 5.99. The molecule has 0 saturated carbocycles. The molecule has 0 fully saturated rings. The van der Waals surface area contributed by atoms with Crippen LogP contribution in [-0.4, -0.2) is 20.6 Å². The lowest BCUT2D eigenvalue weighted by Crippen LogP contribution is -2.19. The maximum absolute atomic E-state index is 12.7. The van der Waals surface area contributed by atoms with Gasteiger partial charge in [-0.1, -0.05) is 29.8 Å². The molecular weight excluding hydrogens is 418 g/mol. The number of methoxy groups -OCH3 is 1. The summed E-state index contributed by atoms with van der Waals surface area (Å²) in [6, 6.07) is 19.2. The second-order valence-corrected chi connectivity index (χ2v) is 8.82. The number of hydrogen-bond donors (Lipinski definition) is 3. The molecule has 0 radical (unpaired) electrons. The number of para-hydroxylation sites is 2. The standard InChI is InChI=1S/C22H23N3O3S2/c1-15-8-13-19(16(2)14-15)24-22(29)23-17-9-11-18(12-10-17)30(26,27)25-20-6-4-5-7-21(20)28-3/h4-14,25H,1-3H3,(H2,23,24,29). The highest BCUT2D eigenvalue weighted by atomic mass is 32.2. The Labute approximate surface area is 182 Å². The summed E-state index contributed by atoms with van der Waals surface area (Å²) >= 11 is 5.36. The van der Waals surface area contributed by atoms with Crippen molar-refractivity contribution >= 4 is 44.4 Å². The molecule has 0 atom stereocenters. The summed E-state index contributed by atoms with van der Waals surface area (Å²) in [6.45, 7) is 4.04. The number of sulfonamides is 1. The Morgan fingerprint density at radius 1 is 0.900 bits per heavy atom. The van der Waals surface area contributed by atoms with Gasteiger partial charge in [0.1, 0.15) is 5.75 Å². The lowest BCUT2D eigenvalue weighted by atomic mass is 10.1. The van der Waals surface area contributed by atoms with Gasteiger partial charge in [0.25, 0.3) is 10.0 Å². The smallest absolute Gasteiger partial charge is 0.262 e. The number of benzene rings is 3. The molecule has 0 amide bonds. The molecule has 0 bridgehead atoms. The van der Waals surface area contributed by atoms with Crippen LogP contribution >= 0.6 is 12.2 Å². The summed E-state index contributed by atoms with van der Waals surface area (Å²) in [4.78, 5) is 0.132. The first-order chi connectivity index (χ1) is 14.3. The number of thiocarbonyl (C=S) groups is 1. The van der Waals surface area contributed by atoms with Gasteiger partial charge in [-0.05, 0) is 74.1 Å². The molecule has 3 rings (SSSR count). The average molecular weight is 442 g/mol. The van der Waals surface area contributed by atoms with E-state index in [4.69, 9.17) is 17.0 Å². The lowest BCUT2D eigenvalue weighted by molar-refractivity contribution is 0.417. The number of hydrogen-bond acceptors (Lipinski definition) is 4. The van der Waals surface area contributed by atoms with E-state index >= 15 is 0 Å². The Morgan fingerprint density at radius 3 is 2.27 bits per heavy atom. The van der Waals surface area contributed by atoms with Gasteiger partial charge in [0.2, 0.25) is 0 Å². The van der Waals surface area contributed by atoms with Crippen LogP contribution < -0.4 is 20.1 Å². The molecule has 30 heavy (non-hydrogen) atoms. The first-order valence-corrected chi connectivity index (χ1v) is 11.1. The number of rotatable bonds is 6. The maximum Gasteiger partial charge on any atom is 0.262 e. The van der Waals surface area contributed by atoms with E-state index in [1.165, 1.54) is 24.8 Å². The van der Waals surface area contributed by atoms with Gasteiger partial charge in [0.05, 0.1) is 17.7 Å². The molecule has 0 aliphatic rings. The van der Waals surface area contributed by atoms with Crippen molar-refractivity contribution in [2.75, 3.05) is 22.5 Å². The van der Waals surface area contributed by atoms with E-state index < -0.39 is 10.0 Å². The van der Waals surface area contributed by atoms with Gasteiger partial charge < -0.3 is 15.4 Å². The summed E-state index contributed by atoms with van der Waals surface area (Å²) in [5.74, 6) is 0.446. The zero-order valence-corrected chi connectivity index (χ0v) is 18.5. The minimum absolute atomic E-state index is 0.132. The van der Waals surface area contributed by atoms with Gasteiger partial charge in [-0.25, -0.2) is 8.42 Å². The van der Waals surface area contributed by atoms with Crippen LogP contribution in [0, 0.1) is 13.8 Å². The van der Waals surface area contributed by atoms with Crippen molar-refractivity contribution in [2.45, 2.75) is 18.7 Å². The van der Waals surface area contributed by atoms with E-state index in [-0.39, 0.29) is 4.90 Å². The van der Waals surface area contributed by atoms with Crippen molar-refractivity contribution in [1.82, 2.24) is 0 Å². The van der Waals surface area contributed by atoms with Crippen molar-refractivity contribution in [3.05, 3.63) is 77.9 Å². The molecule has 0 heterocycles. The van der Waals surface area contributed by atoms with Crippen molar-refractivity contribution in [1.29, 1.82) is 0 Å². The first-order valence-electron chi connectivity index (χ1n) is 9.19. The summed E-state index contributed by atoms with van der Waals surface area (Å²) in [6.07, 6.45) is 0. The van der Waals surface area contributed by atoms with Crippen LogP contribution in [-0.2, 0) is 10.0 Å². The number of nitrogens with one attached hydrogen (secondary N) is 3. The van der Waals surface area contributed by atoms with Gasteiger partial charge in [0.15, 0.2) is 5.11 Å². The number of ether oxygens (including phenoxy) is 1. The van der Waals surface area contributed by atoms with Gasteiger partial charge in [-0.15, -0.1) is 0 Å². The summed E-state index contributed by atoms with van der Waals surface area (Å²) in [7, 11) is -2.27. The largest absolute Gasteiger partial charge is 0.495 e. The molecule has 3 aromatic rings. The van der Waals surface area contributed by atoms with Crippen LogP contribution in [0.3, 0.4) is 0 Å². The molecule has 0 saturated heterocycles. The van der Waals surface area contributed by atoms with Crippen LogP contribution in [0.1, 0.15) is 11.1 Å². The maximum atomic E-state index is 12.7. The van der Waals surface area contributed by atoms with Gasteiger partial charge >= 0.3 is 0 Å². The Bertz CT molecular complexity index is 1160. The number of anilines is 3. The minimum Gasteiger partial charge on any atom is -0.495 e. The van der Waals surface area contributed by atoms with E-state index in [1.807, 2.05) is 26.0 Å². The predicted octanol–water partition coefficient (Wildman–Crippen LogP) is 4.92. The Hall–Kier alpha value is -3.10. The van der Waals surface area contributed by atoms with E-state index in [9.17, 15) is 8.42 Å². The molecule has 0 aliphatic carbocycles. The lowest BCUT2D eigenvalue weighted by Gasteiger charge is -2.14. The fourth-order valence-electron chi connectivity index (χ4n) is 2.89. The van der Waals surface area contributed by atoms with Crippen LogP contribution in [0.5, 0.6) is 5.75 Å². The molecule has 3 aromatic carbocycles. The third-order valence-electron chi connectivity index (χ3n) is 4.40.